The van der Waals surface area contributed by atoms with Crippen molar-refractivity contribution in [3.63, 3.8) is 0 Å². The maximum Gasteiger partial charge on any atom is 0.416 e. The van der Waals surface area contributed by atoms with Crippen LogP contribution in [0.15, 0.2) is 59.6 Å². The second-order valence-corrected chi connectivity index (χ2v) is 6.22. The first-order chi connectivity index (χ1) is 13.4. The van der Waals surface area contributed by atoms with Crippen molar-refractivity contribution in [1.82, 2.24) is 4.98 Å². The Labute approximate surface area is 164 Å². The van der Waals surface area contributed by atoms with Crippen LogP contribution in [0.2, 0.25) is 0 Å². The Balaban J connectivity index is 0.00000136. The first-order valence-electron chi connectivity index (χ1n) is 8.35. The van der Waals surface area contributed by atoms with E-state index in [0.29, 0.717) is 16.2 Å². The van der Waals surface area contributed by atoms with Crippen LogP contribution in [0, 0.1) is 17.1 Å². The van der Waals surface area contributed by atoms with Crippen LogP contribution < -0.4 is 4.72 Å². The zero-order valence-electron chi connectivity index (χ0n) is 15.1. The number of nitriles is 1. The van der Waals surface area contributed by atoms with Crippen LogP contribution in [0.25, 0.3) is 11.3 Å². The Morgan fingerprint density at radius 1 is 1.07 bits per heavy atom. The van der Waals surface area contributed by atoms with Crippen LogP contribution in [0.5, 0.6) is 0 Å². The van der Waals surface area contributed by atoms with E-state index in [9.17, 15) is 17.6 Å². The summed E-state index contributed by atoms with van der Waals surface area (Å²) in [5.74, 6) is -0.565. The predicted molar refractivity (Wildman–Crippen MR) is 103 cm³/mol. The molecule has 8 heteroatoms. The molecule has 0 radical (unpaired) electrons. The van der Waals surface area contributed by atoms with Crippen molar-refractivity contribution in [2.75, 3.05) is 4.72 Å². The van der Waals surface area contributed by atoms with Gasteiger partial charge in [-0.15, -0.1) is 0 Å². The topological polar surface area (TPSA) is 51.6 Å². The van der Waals surface area contributed by atoms with Gasteiger partial charge in [0.2, 0.25) is 0 Å². The molecular weight excluding hydrogens is 390 g/mol. The highest BCUT2D eigenvalue weighted by Crippen LogP contribution is 2.33. The smallest absolute Gasteiger partial charge is 0.360 e. The first kappa shape index (κ1) is 21.4. The number of aromatic amines is 1. The van der Waals surface area contributed by atoms with E-state index in [1.54, 1.807) is 18.3 Å². The fourth-order valence-electron chi connectivity index (χ4n) is 2.24. The standard InChI is InChI=1S/C18H11F4N3S.C2H6/c19-15-6-11(9-23)4-5-16(15)25-26-14-8-17(24-10-14)12-2-1-3-13(7-12)18(20,21)22;1-2/h1-8,10,24-25H;1-2H3. The molecule has 1 heterocycles. The van der Waals surface area contributed by atoms with Gasteiger partial charge in [-0.05, 0) is 53.9 Å². The average molecular weight is 407 g/mol. The van der Waals surface area contributed by atoms with E-state index in [2.05, 4.69) is 9.71 Å². The van der Waals surface area contributed by atoms with Crippen molar-refractivity contribution in [3.8, 4) is 17.3 Å². The Bertz CT molecular complexity index is 974. The summed E-state index contributed by atoms with van der Waals surface area (Å²) in [6.07, 6.45) is -2.80. The normalized spacial score (nSPS) is 10.6. The summed E-state index contributed by atoms with van der Waals surface area (Å²) in [6, 6.07) is 12.5. The Hall–Kier alpha value is -2.92. The van der Waals surface area contributed by atoms with E-state index in [1.807, 2.05) is 19.9 Å². The average Bonchev–Trinajstić information content (AvgIpc) is 3.17. The van der Waals surface area contributed by atoms with E-state index in [4.69, 9.17) is 5.26 Å². The molecule has 0 unspecified atom stereocenters. The molecule has 0 saturated carbocycles. The Morgan fingerprint density at radius 2 is 1.82 bits per heavy atom. The SMILES string of the molecule is CC.N#Cc1ccc(NSc2c[nH]c(-c3cccc(C(F)(F)F)c3)c2)c(F)c1. The summed E-state index contributed by atoms with van der Waals surface area (Å²) in [7, 11) is 0. The lowest BCUT2D eigenvalue weighted by atomic mass is 10.1. The minimum Gasteiger partial charge on any atom is -0.360 e. The molecule has 0 amide bonds. The van der Waals surface area contributed by atoms with E-state index in [-0.39, 0.29) is 11.3 Å². The molecule has 1 aromatic heterocycles. The van der Waals surface area contributed by atoms with Gasteiger partial charge in [-0.2, -0.15) is 18.4 Å². The number of rotatable bonds is 4. The number of hydrogen-bond donors (Lipinski definition) is 2. The van der Waals surface area contributed by atoms with Gasteiger partial charge >= 0.3 is 6.18 Å². The number of H-pyrrole nitrogens is 1. The summed E-state index contributed by atoms with van der Waals surface area (Å²) in [4.78, 5) is 3.57. The largest absolute Gasteiger partial charge is 0.416 e. The van der Waals surface area contributed by atoms with Crippen LogP contribution in [0.3, 0.4) is 0 Å². The summed E-state index contributed by atoms with van der Waals surface area (Å²) >= 11 is 1.10. The highest BCUT2D eigenvalue weighted by Gasteiger charge is 2.30. The molecule has 0 fully saturated rings. The van der Waals surface area contributed by atoms with Gasteiger partial charge in [-0.1, -0.05) is 26.0 Å². The number of benzene rings is 2. The summed E-state index contributed by atoms with van der Waals surface area (Å²) < 4.78 is 55.1. The molecule has 0 aliphatic heterocycles. The number of alkyl halides is 3. The van der Waals surface area contributed by atoms with Gasteiger partial charge in [0.1, 0.15) is 5.82 Å². The minimum atomic E-state index is -4.41. The number of halogens is 4. The van der Waals surface area contributed by atoms with E-state index >= 15 is 0 Å². The van der Waals surface area contributed by atoms with Crippen LogP contribution >= 0.6 is 11.9 Å². The second kappa shape index (κ2) is 9.33. The zero-order valence-corrected chi connectivity index (χ0v) is 15.9. The van der Waals surface area contributed by atoms with Gasteiger partial charge < -0.3 is 9.71 Å². The molecule has 146 valence electrons. The molecule has 0 aliphatic rings. The molecule has 3 nitrogen and oxygen atoms in total. The number of hydrogen-bond acceptors (Lipinski definition) is 3. The van der Waals surface area contributed by atoms with Crippen LogP contribution in [-0.4, -0.2) is 4.98 Å². The lowest BCUT2D eigenvalue weighted by Crippen LogP contribution is -2.04. The Morgan fingerprint density at radius 3 is 2.46 bits per heavy atom. The van der Waals surface area contributed by atoms with Crippen molar-refractivity contribution >= 4 is 17.6 Å². The summed E-state index contributed by atoms with van der Waals surface area (Å²) in [5, 5.41) is 8.72. The third-order valence-electron chi connectivity index (χ3n) is 3.53. The molecule has 2 N–H and O–H groups in total. The zero-order chi connectivity index (χ0) is 20.7. The lowest BCUT2D eigenvalue weighted by Gasteiger charge is -2.07. The highest BCUT2D eigenvalue weighted by atomic mass is 32.2. The molecule has 3 rings (SSSR count). The van der Waals surface area contributed by atoms with E-state index in [1.165, 1.54) is 18.2 Å². The molecule has 28 heavy (non-hydrogen) atoms. The molecule has 0 atom stereocenters. The third-order valence-corrected chi connectivity index (χ3v) is 4.33. The van der Waals surface area contributed by atoms with Crippen molar-refractivity contribution < 1.29 is 17.6 Å². The van der Waals surface area contributed by atoms with Gasteiger partial charge in [0.05, 0.1) is 22.9 Å². The van der Waals surface area contributed by atoms with Crippen molar-refractivity contribution in [2.24, 2.45) is 0 Å². The maximum absolute atomic E-state index is 13.8. The monoisotopic (exact) mass is 407 g/mol. The fraction of sp³-hybridized carbons (Fsp3) is 0.150. The van der Waals surface area contributed by atoms with Gasteiger partial charge in [-0.3, -0.25) is 0 Å². The van der Waals surface area contributed by atoms with Gasteiger partial charge in [-0.25, -0.2) is 4.39 Å². The van der Waals surface area contributed by atoms with Gasteiger partial charge in [0.25, 0.3) is 0 Å². The van der Waals surface area contributed by atoms with Crippen LogP contribution in [0.4, 0.5) is 23.2 Å². The number of nitrogens with zero attached hydrogens (tertiary/aromatic N) is 1. The quantitative estimate of drug-likeness (QED) is 0.367. The number of anilines is 1. The molecule has 2 aromatic carbocycles. The third kappa shape index (κ3) is 5.30. The van der Waals surface area contributed by atoms with Crippen LogP contribution in [-0.2, 0) is 6.18 Å². The van der Waals surface area contributed by atoms with Gasteiger partial charge in [0, 0.05) is 16.8 Å². The highest BCUT2D eigenvalue weighted by molar-refractivity contribution is 8.00. The molecule has 0 spiro atoms. The minimum absolute atomic E-state index is 0.204. The van der Waals surface area contributed by atoms with Crippen LogP contribution in [0.1, 0.15) is 25.0 Å². The second-order valence-electron chi connectivity index (χ2n) is 5.34. The number of nitrogens with one attached hydrogen (secondary N) is 2. The number of aromatic nitrogens is 1. The fourth-order valence-corrected chi connectivity index (χ4v) is 2.93. The van der Waals surface area contributed by atoms with Gasteiger partial charge in [0.15, 0.2) is 0 Å². The molecule has 0 aliphatic carbocycles. The predicted octanol–water partition coefficient (Wildman–Crippen LogP) is 6.86. The molecular formula is C20H17F4N3S. The molecule has 3 aromatic rings. The van der Waals surface area contributed by atoms with Crippen molar-refractivity contribution in [3.05, 3.63) is 71.7 Å². The van der Waals surface area contributed by atoms with Crippen molar-refractivity contribution in [2.45, 2.75) is 24.9 Å². The summed E-state index contributed by atoms with van der Waals surface area (Å²) in [5.41, 5.74) is 0.607. The molecule has 0 saturated heterocycles. The van der Waals surface area contributed by atoms with E-state index < -0.39 is 17.6 Å². The lowest BCUT2D eigenvalue weighted by molar-refractivity contribution is -0.137. The maximum atomic E-state index is 13.8. The van der Waals surface area contributed by atoms with Crippen molar-refractivity contribution in [1.29, 1.82) is 5.26 Å². The first-order valence-corrected chi connectivity index (χ1v) is 9.17. The Kier molecular flexibility index (Phi) is 7.12. The molecule has 0 bridgehead atoms. The summed E-state index contributed by atoms with van der Waals surface area (Å²) in [6.45, 7) is 4.00. The van der Waals surface area contributed by atoms with E-state index in [0.717, 1.165) is 30.1 Å².